The Morgan fingerprint density at radius 3 is 2.97 bits per heavy atom. The van der Waals surface area contributed by atoms with Crippen LogP contribution in [0.25, 0.3) is 26.6 Å². The van der Waals surface area contributed by atoms with Gasteiger partial charge in [-0.1, -0.05) is 30.4 Å². The molecule has 1 fully saturated rings. The largest absolute Gasteiger partial charge is 0.336 e. The van der Waals surface area contributed by atoms with Crippen molar-refractivity contribution in [3.05, 3.63) is 77.3 Å². The molecule has 0 radical (unpaired) electrons. The van der Waals surface area contributed by atoms with Gasteiger partial charge in [0, 0.05) is 46.5 Å². The molecule has 1 saturated heterocycles. The number of thiophene rings is 1. The van der Waals surface area contributed by atoms with E-state index in [1.165, 1.54) is 22.5 Å². The fraction of sp³-hybridized carbons (Fsp3) is 0.222. The van der Waals surface area contributed by atoms with Gasteiger partial charge in [-0.25, -0.2) is 9.97 Å². The predicted molar refractivity (Wildman–Crippen MR) is 139 cm³/mol. The van der Waals surface area contributed by atoms with Crippen LogP contribution in [0.15, 0.2) is 66.9 Å². The smallest absolute Gasteiger partial charge is 0.264 e. The van der Waals surface area contributed by atoms with E-state index in [1.54, 1.807) is 0 Å². The summed E-state index contributed by atoms with van der Waals surface area (Å²) in [5.74, 6) is 0.595. The van der Waals surface area contributed by atoms with E-state index in [1.807, 2.05) is 35.4 Å². The van der Waals surface area contributed by atoms with E-state index in [0.717, 1.165) is 57.4 Å². The van der Waals surface area contributed by atoms with E-state index in [2.05, 4.69) is 46.7 Å². The number of allylic oxidation sites excluding steroid dienone is 4. The van der Waals surface area contributed by atoms with Crippen LogP contribution in [0.1, 0.15) is 34.5 Å². The molecule has 34 heavy (non-hydrogen) atoms. The van der Waals surface area contributed by atoms with Crippen molar-refractivity contribution in [1.82, 2.24) is 14.9 Å². The number of benzene rings is 2. The maximum Gasteiger partial charge on any atom is 0.264 e. The summed E-state index contributed by atoms with van der Waals surface area (Å²) in [6.07, 6.45) is 11.3. The monoisotopic (exact) mass is 467 g/mol. The SMILES string of the molecule is NC1CCN(C(=O)c2cc3c(ccc4cnc(Nc5cccc(C6=CC=CCC6)c5)nc43)s2)C1. The standard InChI is InChI=1S/C27H25N5OS/c28-20-11-12-32(16-20)26(33)24-14-22-23(34-24)10-9-19-15-29-27(31-25(19)22)30-21-8-4-7-18(13-21)17-5-2-1-3-6-17/h1-2,4-5,7-10,13-15,20H,3,6,11-12,16,28H2,(H,29,30,31). The fourth-order valence-electron chi connectivity index (χ4n) is 4.67. The molecule has 2 aliphatic rings. The van der Waals surface area contributed by atoms with E-state index in [9.17, 15) is 4.79 Å². The van der Waals surface area contributed by atoms with Crippen LogP contribution in [0, 0.1) is 0 Å². The van der Waals surface area contributed by atoms with Gasteiger partial charge in [-0.3, -0.25) is 4.79 Å². The maximum atomic E-state index is 13.0. The Balaban J connectivity index is 1.32. The zero-order valence-corrected chi connectivity index (χ0v) is 19.5. The number of likely N-dealkylation sites (tertiary alicyclic amines) is 1. The van der Waals surface area contributed by atoms with Crippen LogP contribution in [0.4, 0.5) is 11.6 Å². The van der Waals surface area contributed by atoms with Crippen molar-refractivity contribution >= 4 is 55.4 Å². The van der Waals surface area contributed by atoms with Gasteiger partial charge in [0.15, 0.2) is 0 Å². The summed E-state index contributed by atoms with van der Waals surface area (Å²) in [5, 5.41) is 5.30. The molecular formula is C27H25N5OS. The molecule has 0 saturated carbocycles. The lowest BCUT2D eigenvalue weighted by molar-refractivity contribution is 0.0795. The number of amides is 1. The van der Waals surface area contributed by atoms with Gasteiger partial charge in [0.05, 0.1) is 10.4 Å². The first-order valence-corrected chi connectivity index (χ1v) is 12.4. The quantitative estimate of drug-likeness (QED) is 0.414. The Morgan fingerprint density at radius 1 is 1.21 bits per heavy atom. The highest BCUT2D eigenvalue weighted by molar-refractivity contribution is 7.21. The molecule has 2 aromatic carbocycles. The first-order valence-electron chi connectivity index (χ1n) is 11.6. The lowest BCUT2D eigenvalue weighted by atomic mass is 9.97. The Bertz CT molecular complexity index is 1470. The minimum Gasteiger partial charge on any atom is -0.336 e. The predicted octanol–water partition coefficient (Wildman–Crippen LogP) is 5.49. The number of nitrogens with two attached hydrogens (primary N) is 1. The topological polar surface area (TPSA) is 84.1 Å². The molecule has 1 aliphatic carbocycles. The molecule has 0 spiro atoms. The molecule has 6 rings (SSSR count). The number of rotatable bonds is 4. The molecule has 1 aliphatic heterocycles. The van der Waals surface area contributed by atoms with Crippen LogP contribution in [0.3, 0.4) is 0 Å². The molecule has 3 heterocycles. The summed E-state index contributed by atoms with van der Waals surface area (Å²) in [5.41, 5.74) is 10.3. The lowest BCUT2D eigenvalue weighted by Gasteiger charge is -2.13. The third-order valence-corrected chi connectivity index (χ3v) is 7.56. The van der Waals surface area contributed by atoms with E-state index < -0.39 is 0 Å². The second-order valence-corrected chi connectivity index (χ2v) is 9.97. The number of aromatic nitrogens is 2. The first kappa shape index (κ1) is 21.0. The van der Waals surface area contributed by atoms with Gasteiger partial charge in [-0.2, -0.15) is 0 Å². The molecule has 1 amide bonds. The second kappa shape index (κ2) is 8.66. The normalized spacial score (nSPS) is 18.0. The molecule has 2 aromatic heterocycles. The van der Waals surface area contributed by atoms with Gasteiger partial charge in [-0.15, -0.1) is 11.3 Å². The summed E-state index contributed by atoms with van der Waals surface area (Å²) in [6.45, 7) is 1.34. The number of anilines is 2. The van der Waals surface area contributed by atoms with Gasteiger partial charge in [-0.05, 0) is 60.7 Å². The molecule has 1 unspecified atom stereocenters. The highest BCUT2D eigenvalue weighted by atomic mass is 32.1. The summed E-state index contributed by atoms with van der Waals surface area (Å²) in [6, 6.07) is 14.5. The fourth-order valence-corrected chi connectivity index (χ4v) is 5.70. The van der Waals surface area contributed by atoms with Crippen molar-refractivity contribution < 1.29 is 4.79 Å². The van der Waals surface area contributed by atoms with E-state index >= 15 is 0 Å². The number of fused-ring (bicyclic) bond motifs is 3. The van der Waals surface area contributed by atoms with Crippen molar-refractivity contribution in [2.75, 3.05) is 18.4 Å². The minimum absolute atomic E-state index is 0.0541. The zero-order valence-electron chi connectivity index (χ0n) is 18.7. The Morgan fingerprint density at radius 2 is 2.15 bits per heavy atom. The molecule has 3 N–H and O–H groups in total. The molecule has 7 heteroatoms. The van der Waals surface area contributed by atoms with Crippen LogP contribution in [0.2, 0.25) is 0 Å². The van der Waals surface area contributed by atoms with Gasteiger partial charge >= 0.3 is 0 Å². The lowest BCUT2D eigenvalue weighted by Crippen LogP contribution is -2.31. The van der Waals surface area contributed by atoms with Crippen molar-refractivity contribution in [3.63, 3.8) is 0 Å². The van der Waals surface area contributed by atoms with Gasteiger partial charge in [0.1, 0.15) is 0 Å². The van der Waals surface area contributed by atoms with Crippen LogP contribution in [-0.2, 0) is 0 Å². The molecule has 0 bridgehead atoms. The first-order chi connectivity index (χ1) is 16.6. The van der Waals surface area contributed by atoms with Crippen LogP contribution in [0.5, 0.6) is 0 Å². The Labute approximate surface area is 201 Å². The van der Waals surface area contributed by atoms with Crippen molar-refractivity contribution in [1.29, 1.82) is 0 Å². The number of carbonyl (C=O) groups is 1. The highest BCUT2D eigenvalue weighted by Crippen LogP contribution is 2.33. The number of nitrogens with zero attached hydrogens (tertiary/aromatic N) is 3. The summed E-state index contributed by atoms with van der Waals surface area (Å²) < 4.78 is 1.04. The van der Waals surface area contributed by atoms with Crippen LogP contribution >= 0.6 is 11.3 Å². The Hall–Kier alpha value is -3.55. The maximum absolute atomic E-state index is 13.0. The Kier molecular flexibility index (Phi) is 5.36. The average molecular weight is 468 g/mol. The molecule has 170 valence electrons. The van der Waals surface area contributed by atoms with Gasteiger partial charge in [0.2, 0.25) is 5.95 Å². The van der Waals surface area contributed by atoms with Gasteiger partial charge in [0.25, 0.3) is 5.91 Å². The number of nitrogens with one attached hydrogen (secondary N) is 1. The van der Waals surface area contributed by atoms with Crippen molar-refractivity contribution in [3.8, 4) is 0 Å². The van der Waals surface area contributed by atoms with Crippen molar-refractivity contribution in [2.45, 2.75) is 25.3 Å². The highest BCUT2D eigenvalue weighted by Gasteiger charge is 2.26. The second-order valence-electron chi connectivity index (χ2n) is 8.88. The number of hydrogen-bond donors (Lipinski definition) is 2. The third-order valence-electron chi connectivity index (χ3n) is 6.47. The van der Waals surface area contributed by atoms with Crippen LogP contribution in [-0.4, -0.2) is 39.9 Å². The summed E-state index contributed by atoms with van der Waals surface area (Å²) in [4.78, 5) is 24.9. The van der Waals surface area contributed by atoms with E-state index in [4.69, 9.17) is 10.7 Å². The molecule has 4 aromatic rings. The average Bonchev–Trinajstić information content (AvgIpc) is 3.51. The molecule has 6 nitrogen and oxygen atoms in total. The van der Waals surface area contributed by atoms with Crippen molar-refractivity contribution in [2.24, 2.45) is 5.73 Å². The third kappa shape index (κ3) is 3.97. The summed E-state index contributed by atoms with van der Waals surface area (Å²) >= 11 is 1.51. The number of carbonyl (C=O) groups excluding carboxylic acids is 1. The van der Waals surface area contributed by atoms with Crippen LogP contribution < -0.4 is 11.1 Å². The van der Waals surface area contributed by atoms with Gasteiger partial charge < -0.3 is 16.0 Å². The molecule has 1 atom stereocenters. The zero-order chi connectivity index (χ0) is 23.1. The van der Waals surface area contributed by atoms with E-state index in [-0.39, 0.29) is 11.9 Å². The molecular weight excluding hydrogens is 442 g/mol. The minimum atomic E-state index is 0.0541. The summed E-state index contributed by atoms with van der Waals surface area (Å²) in [7, 11) is 0. The van der Waals surface area contributed by atoms with E-state index in [0.29, 0.717) is 12.5 Å². The number of hydrogen-bond acceptors (Lipinski definition) is 6.